The predicted octanol–water partition coefficient (Wildman–Crippen LogP) is 1.02. The number of rotatable bonds is 0. The summed E-state index contributed by atoms with van der Waals surface area (Å²) >= 11 is 0. The fraction of sp³-hybridized carbons (Fsp3) is 0. The van der Waals surface area contributed by atoms with Crippen LogP contribution in [0.25, 0.3) is 0 Å². The van der Waals surface area contributed by atoms with Crippen LogP contribution in [0.1, 0.15) is 0 Å². The standard InChI is InChI=1S/C4H2N3/c5-3-4-1-2-6-7-4/h1-2H. The Morgan fingerprint density at radius 3 is 2.86 bits per heavy atom. The van der Waals surface area contributed by atoms with Crippen molar-refractivity contribution < 1.29 is 0 Å². The normalized spacial score (nSPS) is 17.6. The van der Waals surface area contributed by atoms with Gasteiger partial charge in [-0.05, 0) is 6.08 Å². The first kappa shape index (κ1) is 4.00. The van der Waals surface area contributed by atoms with Crippen molar-refractivity contribution in [3.05, 3.63) is 18.3 Å². The molecule has 3 heteroatoms. The van der Waals surface area contributed by atoms with Crippen LogP contribution in [0, 0.1) is 17.4 Å². The van der Waals surface area contributed by atoms with E-state index in [1.807, 2.05) is 6.07 Å². The first-order valence-corrected chi connectivity index (χ1v) is 1.78. The van der Waals surface area contributed by atoms with Gasteiger partial charge in [0.25, 0.3) is 0 Å². The molecule has 1 radical (unpaired) electrons. The third-order valence-electron chi connectivity index (χ3n) is 0.579. The minimum atomic E-state index is 0.375. The fourth-order valence-corrected chi connectivity index (χ4v) is 0.292. The second kappa shape index (κ2) is 1.52. The van der Waals surface area contributed by atoms with Crippen molar-refractivity contribution in [2.75, 3.05) is 0 Å². The highest BCUT2D eigenvalue weighted by Crippen LogP contribution is 2.08. The molecular formula is C4H2N3. The number of hydrogen-bond acceptors (Lipinski definition) is 3. The lowest BCUT2D eigenvalue weighted by molar-refractivity contribution is 1.15. The summed E-state index contributed by atoms with van der Waals surface area (Å²) in [5, 5.41) is 14.9. The quantitative estimate of drug-likeness (QED) is 0.440. The molecule has 0 spiro atoms. The van der Waals surface area contributed by atoms with E-state index in [1.54, 1.807) is 6.08 Å². The summed E-state index contributed by atoms with van der Waals surface area (Å²) in [5.74, 6) is 0. The molecule has 1 aliphatic rings. The van der Waals surface area contributed by atoms with Crippen LogP contribution in [0.5, 0.6) is 0 Å². The SMILES string of the molecule is N#C[C]1C=CN=N1. The number of hydrogen-bond donors (Lipinski definition) is 0. The molecule has 0 N–H and O–H groups in total. The van der Waals surface area contributed by atoms with E-state index in [2.05, 4.69) is 10.2 Å². The number of nitriles is 1. The van der Waals surface area contributed by atoms with Gasteiger partial charge in [-0.2, -0.15) is 15.5 Å². The largest absolute Gasteiger partial charge is 0.231 e. The Balaban J connectivity index is 2.65. The van der Waals surface area contributed by atoms with E-state index in [4.69, 9.17) is 5.26 Å². The van der Waals surface area contributed by atoms with Gasteiger partial charge in [0, 0.05) is 6.20 Å². The lowest BCUT2D eigenvalue weighted by Crippen LogP contribution is -1.73. The lowest BCUT2D eigenvalue weighted by atomic mass is 10.4. The van der Waals surface area contributed by atoms with Gasteiger partial charge < -0.3 is 0 Å². The van der Waals surface area contributed by atoms with Crippen molar-refractivity contribution in [3.8, 4) is 6.07 Å². The van der Waals surface area contributed by atoms with Crippen LogP contribution in [0.3, 0.4) is 0 Å². The molecule has 0 aliphatic carbocycles. The third-order valence-corrected chi connectivity index (χ3v) is 0.579. The molecule has 3 nitrogen and oxygen atoms in total. The molecule has 0 fully saturated rings. The second-order valence-corrected chi connectivity index (χ2v) is 1.03. The zero-order chi connectivity index (χ0) is 5.11. The lowest BCUT2D eigenvalue weighted by Gasteiger charge is -1.75. The Morgan fingerprint density at radius 2 is 2.57 bits per heavy atom. The zero-order valence-electron chi connectivity index (χ0n) is 3.50. The van der Waals surface area contributed by atoms with E-state index in [-0.39, 0.29) is 0 Å². The van der Waals surface area contributed by atoms with Crippen LogP contribution in [-0.4, -0.2) is 0 Å². The Morgan fingerprint density at radius 1 is 1.71 bits per heavy atom. The van der Waals surface area contributed by atoms with Crippen molar-refractivity contribution in [3.63, 3.8) is 0 Å². The molecule has 0 amide bonds. The first-order valence-electron chi connectivity index (χ1n) is 1.78. The van der Waals surface area contributed by atoms with Gasteiger partial charge in [-0.25, -0.2) is 0 Å². The van der Waals surface area contributed by atoms with Gasteiger partial charge in [-0.3, -0.25) is 0 Å². The maximum absolute atomic E-state index is 8.07. The number of azo groups is 1. The van der Waals surface area contributed by atoms with E-state index in [1.165, 1.54) is 6.20 Å². The van der Waals surface area contributed by atoms with E-state index in [0.717, 1.165) is 0 Å². The van der Waals surface area contributed by atoms with Crippen LogP contribution in [0.2, 0.25) is 0 Å². The van der Waals surface area contributed by atoms with Crippen LogP contribution < -0.4 is 0 Å². The maximum atomic E-state index is 8.07. The van der Waals surface area contributed by atoms with Crippen LogP contribution >= 0.6 is 0 Å². The molecule has 7 heavy (non-hydrogen) atoms. The third kappa shape index (κ3) is 0.631. The molecule has 0 aromatic rings. The molecule has 1 heterocycles. The molecule has 0 saturated carbocycles. The summed E-state index contributed by atoms with van der Waals surface area (Å²) in [6.07, 6.45) is 3.04. The van der Waals surface area contributed by atoms with Gasteiger partial charge in [0.1, 0.15) is 6.07 Å². The monoisotopic (exact) mass is 92.0 g/mol. The molecule has 0 aromatic carbocycles. The van der Waals surface area contributed by atoms with E-state index in [9.17, 15) is 0 Å². The van der Waals surface area contributed by atoms with Gasteiger partial charge in [-0.15, -0.1) is 0 Å². The van der Waals surface area contributed by atoms with Gasteiger partial charge in [0.2, 0.25) is 6.04 Å². The first-order chi connectivity index (χ1) is 3.43. The molecule has 0 saturated heterocycles. The Kier molecular flexibility index (Phi) is 0.868. The number of nitrogens with zero attached hydrogens (tertiary/aromatic N) is 3. The van der Waals surface area contributed by atoms with Crippen molar-refractivity contribution in [1.82, 2.24) is 0 Å². The molecule has 0 unspecified atom stereocenters. The molecule has 33 valence electrons. The Hall–Kier alpha value is -1.17. The fourth-order valence-electron chi connectivity index (χ4n) is 0.292. The zero-order valence-corrected chi connectivity index (χ0v) is 3.50. The summed E-state index contributed by atoms with van der Waals surface area (Å²) in [6.45, 7) is 0. The molecule has 0 atom stereocenters. The highest BCUT2D eigenvalue weighted by Gasteiger charge is 2.02. The van der Waals surface area contributed by atoms with Gasteiger partial charge in [0.15, 0.2) is 0 Å². The average molecular weight is 92.1 g/mol. The highest BCUT2D eigenvalue weighted by molar-refractivity contribution is 5.24. The van der Waals surface area contributed by atoms with Gasteiger partial charge in [0.05, 0.1) is 0 Å². The minimum Gasteiger partial charge on any atom is -0.195 e. The van der Waals surface area contributed by atoms with Crippen molar-refractivity contribution in [2.45, 2.75) is 0 Å². The topological polar surface area (TPSA) is 48.5 Å². The van der Waals surface area contributed by atoms with Crippen LogP contribution in [-0.2, 0) is 0 Å². The molecule has 1 rings (SSSR count). The Labute approximate surface area is 41.0 Å². The predicted molar refractivity (Wildman–Crippen MR) is 22.9 cm³/mol. The van der Waals surface area contributed by atoms with E-state index < -0.39 is 0 Å². The van der Waals surface area contributed by atoms with E-state index in [0.29, 0.717) is 6.04 Å². The van der Waals surface area contributed by atoms with Gasteiger partial charge in [-0.1, -0.05) is 0 Å². The molecule has 1 aliphatic heterocycles. The summed E-state index contributed by atoms with van der Waals surface area (Å²) in [6, 6.07) is 2.21. The maximum Gasteiger partial charge on any atom is 0.231 e. The summed E-state index contributed by atoms with van der Waals surface area (Å²) in [7, 11) is 0. The molecule has 0 bridgehead atoms. The van der Waals surface area contributed by atoms with Crippen molar-refractivity contribution in [2.24, 2.45) is 10.2 Å². The summed E-state index contributed by atoms with van der Waals surface area (Å²) in [4.78, 5) is 0. The molecular weight excluding hydrogens is 90.1 g/mol. The highest BCUT2D eigenvalue weighted by atomic mass is 15.1. The summed E-state index contributed by atoms with van der Waals surface area (Å²) in [5.41, 5.74) is 0. The van der Waals surface area contributed by atoms with Crippen molar-refractivity contribution in [1.29, 1.82) is 5.26 Å². The minimum absolute atomic E-state index is 0.375. The Bertz CT molecular complexity index is 139. The van der Waals surface area contributed by atoms with Crippen LogP contribution in [0.4, 0.5) is 0 Å². The molecule has 0 aromatic heterocycles. The smallest absolute Gasteiger partial charge is 0.195 e. The van der Waals surface area contributed by atoms with Crippen LogP contribution in [0.15, 0.2) is 22.5 Å². The van der Waals surface area contributed by atoms with Gasteiger partial charge >= 0.3 is 0 Å². The average Bonchev–Trinajstić information content (AvgIpc) is 2.14. The summed E-state index contributed by atoms with van der Waals surface area (Å²) < 4.78 is 0. The second-order valence-electron chi connectivity index (χ2n) is 1.03. The van der Waals surface area contributed by atoms with E-state index >= 15 is 0 Å². The van der Waals surface area contributed by atoms with Crippen molar-refractivity contribution >= 4 is 0 Å².